The van der Waals surface area contributed by atoms with Gasteiger partial charge >= 0.3 is 0 Å². The Bertz CT molecular complexity index is 1660. The van der Waals surface area contributed by atoms with E-state index >= 15 is 0 Å². The molecule has 2 N–H and O–H groups in total. The van der Waals surface area contributed by atoms with E-state index < -0.39 is 21.4 Å². The third-order valence-corrected chi connectivity index (χ3v) is 8.89. The number of hydrogen-bond donors (Lipinski definition) is 2. The number of ether oxygens (including phenoxy) is 1. The number of sulfone groups is 1. The van der Waals surface area contributed by atoms with Crippen molar-refractivity contribution in [3.63, 3.8) is 0 Å². The minimum atomic E-state index is -3.44. The van der Waals surface area contributed by atoms with Crippen LogP contribution in [0.4, 0.5) is 4.39 Å². The Morgan fingerprint density at radius 3 is 2.64 bits per heavy atom. The molecular weight excluding hydrogens is 539 g/mol. The van der Waals surface area contributed by atoms with Crippen LogP contribution in [0.5, 0.6) is 5.88 Å². The van der Waals surface area contributed by atoms with E-state index in [1.165, 1.54) is 25.3 Å². The summed E-state index contributed by atoms with van der Waals surface area (Å²) in [5.74, 6) is -0.573. The zero-order valence-corrected chi connectivity index (χ0v) is 23.5. The van der Waals surface area contributed by atoms with Crippen molar-refractivity contribution < 1.29 is 22.7 Å². The second kappa shape index (κ2) is 10.5. The number of halogens is 2. The standard InChI is InChI=1S/C30H30ClFN2O4S/c1-18-13-22(32)7-9-24(18)27-17-30(35,11-12-33-27)28(19-5-4-6-21(31)14-19)25-16-20-15-23(39(3,36)37)8-10-26(20)34-29(25)38-2/h4-10,13-16,27-28,33,35H,11-12,17H2,1-3H3/t27-,28?,30?/m1/s1. The highest BCUT2D eigenvalue weighted by molar-refractivity contribution is 7.90. The van der Waals surface area contributed by atoms with Crippen LogP contribution in [0.3, 0.4) is 0 Å². The molecule has 1 fully saturated rings. The Balaban J connectivity index is 1.69. The first-order chi connectivity index (χ1) is 18.5. The van der Waals surface area contributed by atoms with E-state index in [4.69, 9.17) is 21.3 Å². The van der Waals surface area contributed by atoms with Crippen molar-refractivity contribution in [1.82, 2.24) is 10.3 Å². The van der Waals surface area contributed by atoms with Crippen LogP contribution in [0.1, 0.15) is 47.1 Å². The first kappa shape index (κ1) is 27.5. The molecule has 3 atom stereocenters. The number of nitrogens with zero attached hydrogens (tertiary/aromatic N) is 1. The normalized spacial score (nSPS) is 20.6. The van der Waals surface area contributed by atoms with Crippen molar-refractivity contribution in [3.8, 4) is 5.88 Å². The molecular formula is C30H30ClFN2O4S. The number of pyridine rings is 1. The number of nitrogens with one attached hydrogen (secondary N) is 1. The summed E-state index contributed by atoms with van der Waals surface area (Å²) < 4.78 is 44.1. The number of rotatable bonds is 6. The molecule has 0 saturated carbocycles. The molecule has 9 heteroatoms. The van der Waals surface area contributed by atoms with E-state index in [1.807, 2.05) is 31.2 Å². The number of aromatic nitrogens is 1. The lowest BCUT2D eigenvalue weighted by Crippen LogP contribution is -2.48. The summed E-state index contributed by atoms with van der Waals surface area (Å²) in [5.41, 5.74) is 2.43. The fourth-order valence-corrected chi connectivity index (χ4v) is 6.58. The van der Waals surface area contributed by atoms with Crippen LogP contribution in [0.15, 0.2) is 71.6 Å². The predicted octanol–water partition coefficient (Wildman–Crippen LogP) is 5.74. The van der Waals surface area contributed by atoms with Crippen LogP contribution in [0, 0.1) is 12.7 Å². The number of hydrogen-bond acceptors (Lipinski definition) is 6. The quantitative estimate of drug-likeness (QED) is 0.308. The maximum atomic E-state index is 13.8. The van der Waals surface area contributed by atoms with Gasteiger partial charge in [0, 0.05) is 34.2 Å². The first-order valence-electron chi connectivity index (χ1n) is 12.6. The summed E-state index contributed by atoms with van der Waals surface area (Å²) in [7, 11) is -1.92. The van der Waals surface area contributed by atoms with E-state index in [0.29, 0.717) is 46.8 Å². The van der Waals surface area contributed by atoms with E-state index in [9.17, 15) is 17.9 Å². The topological polar surface area (TPSA) is 88.5 Å². The van der Waals surface area contributed by atoms with E-state index in [2.05, 4.69) is 5.32 Å². The predicted molar refractivity (Wildman–Crippen MR) is 151 cm³/mol. The number of fused-ring (bicyclic) bond motifs is 1. The van der Waals surface area contributed by atoms with Crippen LogP contribution in [0.2, 0.25) is 5.02 Å². The Hall–Kier alpha value is -3.04. The van der Waals surface area contributed by atoms with Crippen LogP contribution in [0.25, 0.3) is 10.9 Å². The van der Waals surface area contributed by atoms with Crippen molar-refractivity contribution in [2.45, 2.75) is 42.2 Å². The summed E-state index contributed by atoms with van der Waals surface area (Å²) in [6, 6.07) is 18.4. The second-order valence-corrected chi connectivity index (χ2v) is 12.7. The van der Waals surface area contributed by atoms with Gasteiger partial charge in [-0.1, -0.05) is 29.8 Å². The van der Waals surface area contributed by atoms with Crippen molar-refractivity contribution in [3.05, 3.63) is 99.8 Å². The summed E-state index contributed by atoms with van der Waals surface area (Å²) in [4.78, 5) is 4.87. The molecule has 0 aliphatic carbocycles. The number of benzene rings is 3. The summed E-state index contributed by atoms with van der Waals surface area (Å²) in [6.45, 7) is 2.38. The van der Waals surface area contributed by atoms with Crippen LogP contribution >= 0.6 is 11.6 Å². The number of aryl methyl sites for hydroxylation is 1. The van der Waals surface area contributed by atoms with Gasteiger partial charge in [-0.05, 0) is 91.5 Å². The Kier molecular flexibility index (Phi) is 7.41. The summed E-state index contributed by atoms with van der Waals surface area (Å²) in [6.07, 6.45) is 1.92. The molecule has 1 saturated heterocycles. The molecule has 1 aromatic heterocycles. The molecule has 0 spiro atoms. The highest BCUT2D eigenvalue weighted by Gasteiger charge is 2.45. The third-order valence-electron chi connectivity index (χ3n) is 7.54. The van der Waals surface area contributed by atoms with Crippen LogP contribution < -0.4 is 10.1 Å². The minimum Gasteiger partial charge on any atom is -0.481 e. The lowest BCUT2D eigenvalue weighted by molar-refractivity contribution is -0.0197. The Labute approximate surface area is 232 Å². The molecule has 2 unspecified atom stereocenters. The monoisotopic (exact) mass is 568 g/mol. The van der Waals surface area contributed by atoms with E-state index in [0.717, 1.165) is 22.9 Å². The highest BCUT2D eigenvalue weighted by Crippen LogP contribution is 2.47. The van der Waals surface area contributed by atoms with Crippen molar-refractivity contribution >= 4 is 32.3 Å². The van der Waals surface area contributed by atoms with Crippen molar-refractivity contribution in [2.75, 3.05) is 19.9 Å². The van der Waals surface area contributed by atoms with E-state index in [-0.39, 0.29) is 16.8 Å². The SMILES string of the molecule is COc1nc2ccc(S(C)(=O)=O)cc2cc1C(c1cccc(Cl)c1)C1(O)CCN[C@@H](c2ccc(F)cc2C)C1. The van der Waals surface area contributed by atoms with Gasteiger partial charge in [-0.15, -0.1) is 0 Å². The van der Waals surface area contributed by atoms with Gasteiger partial charge in [0.1, 0.15) is 5.82 Å². The number of piperidine rings is 1. The van der Waals surface area contributed by atoms with Crippen molar-refractivity contribution in [2.24, 2.45) is 0 Å². The Morgan fingerprint density at radius 2 is 1.95 bits per heavy atom. The van der Waals surface area contributed by atoms with Crippen molar-refractivity contribution in [1.29, 1.82) is 0 Å². The van der Waals surface area contributed by atoms with Gasteiger partial charge in [-0.3, -0.25) is 0 Å². The lowest BCUT2D eigenvalue weighted by atomic mass is 9.70. The fraction of sp³-hybridized carbons (Fsp3) is 0.300. The van der Waals surface area contributed by atoms with Gasteiger partial charge in [0.25, 0.3) is 0 Å². The zero-order chi connectivity index (χ0) is 27.9. The maximum Gasteiger partial charge on any atom is 0.217 e. The number of methoxy groups -OCH3 is 1. The van der Waals surface area contributed by atoms with Gasteiger partial charge in [0.05, 0.1) is 23.1 Å². The Morgan fingerprint density at radius 1 is 1.15 bits per heavy atom. The van der Waals surface area contributed by atoms with Gasteiger partial charge in [-0.25, -0.2) is 17.8 Å². The van der Waals surface area contributed by atoms with Gasteiger partial charge < -0.3 is 15.2 Å². The minimum absolute atomic E-state index is 0.180. The number of aliphatic hydroxyl groups is 1. The molecule has 0 radical (unpaired) electrons. The molecule has 204 valence electrons. The smallest absolute Gasteiger partial charge is 0.217 e. The lowest BCUT2D eigenvalue weighted by Gasteiger charge is -2.44. The molecule has 39 heavy (non-hydrogen) atoms. The fourth-order valence-electron chi connectivity index (χ4n) is 5.72. The summed E-state index contributed by atoms with van der Waals surface area (Å²) >= 11 is 6.42. The van der Waals surface area contributed by atoms with Gasteiger partial charge in [0.15, 0.2) is 9.84 Å². The van der Waals surface area contributed by atoms with E-state index in [1.54, 1.807) is 24.3 Å². The zero-order valence-electron chi connectivity index (χ0n) is 21.9. The average Bonchev–Trinajstić information content (AvgIpc) is 2.87. The molecule has 0 amide bonds. The molecule has 1 aliphatic heterocycles. The maximum absolute atomic E-state index is 13.8. The largest absolute Gasteiger partial charge is 0.481 e. The average molecular weight is 569 g/mol. The molecule has 6 nitrogen and oxygen atoms in total. The van der Waals surface area contributed by atoms with Gasteiger partial charge in [-0.2, -0.15) is 0 Å². The molecule has 2 heterocycles. The molecule has 3 aromatic carbocycles. The molecule has 1 aliphatic rings. The van der Waals surface area contributed by atoms with Crippen LogP contribution in [-0.2, 0) is 9.84 Å². The molecule has 0 bridgehead atoms. The highest BCUT2D eigenvalue weighted by atomic mass is 35.5. The molecule has 5 rings (SSSR count). The van der Waals surface area contributed by atoms with Crippen LogP contribution in [-0.4, -0.2) is 44.0 Å². The first-order valence-corrected chi connectivity index (χ1v) is 14.9. The van der Waals surface area contributed by atoms with Gasteiger partial charge in [0.2, 0.25) is 5.88 Å². The third kappa shape index (κ3) is 5.52. The second-order valence-electron chi connectivity index (χ2n) is 10.3. The molecule has 4 aromatic rings. The summed E-state index contributed by atoms with van der Waals surface area (Å²) in [5, 5.41) is 17.1.